The fraction of sp³-hybridized carbons (Fsp3) is 0.0769. The zero-order chi connectivity index (χ0) is 11.2. The van der Waals surface area contributed by atoms with E-state index in [-0.39, 0.29) is 0 Å². The molecule has 0 atom stereocenters. The molecular formula is C13H10FOS. The fourth-order valence-corrected chi connectivity index (χ4v) is 1.82. The first kappa shape index (κ1) is 11.0. The van der Waals surface area contributed by atoms with Crippen molar-refractivity contribution >= 4 is 11.8 Å². The Bertz CT molecular complexity index is 445. The van der Waals surface area contributed by atoms with Gasteiger partial charge in [-0.1, -0.05) is 42.1 Å². The molecule has 0 amide bonds. The van der Waals surface area contributed by atoms with Gasteiger partial charge in [-0.25, -0.2) is 4.39 Å². The van der Waals surface area contributed by atoms with Gasteiger partial charge >= 0.3 is 0 Å². The number of ether oxygens (including phenoxy) is 1. The Morgan fingerprint density at radius 3 is 2.69 bits per heavy atom. The largest absolute Gasteiger partial charge is 0.456 e. The molecule has 2 rings (SSSR count). The van der Waals surface area contributed by atoms with Crippen molar-refractivity contribution in [1.29, 1.82) is 0 Å². The van der Waals surface area contributed by atoms with Gasteiger partial charge in [-0.3, -0.25) is 0 Å². The third-order valence-electron chi connectivity index (χ3n) is 1.96. The van der Waals surface area contributed by atoms with E-state index in [0.29, 0.717) is 11.5 Å². The monoisotopic (exact) mass is 233 g/mol. The summed E-state index contributed by atoms with van der Waals surface area (Å²) in [4.78, 5) is 0.794. The maximum atomic E-state index is 12.3. The highest BCUT2D eigenvalue weighted by atomic mass is 32.2. The SMILES string of the molecule is FCSc1ccccc1Oc1[c]cccc1. The molecule has 0 aliphatic carbocycles. The number of rotatable bonds is 4. The third kappa shape index (κ3) is 2.76. The topological polar surface area (TPSA) is 9.23 Å². The molecule has 0 aromatic heterocycles. The maximum Gasteiger partial charge on any atom is 0.141 e. The van der Waals surface area contributed by atoms with Crippen LogP contribution in [0.2, 0.25) is 0 Å². The predicted octanol–water partition coefficient (Wildman–Crippen LogP) is 4.30. The molecule has 1 nitrogen and oxygen atoms in total. The number of hydrogen-bond acceptors (Lipinski definition) is 2. The van der Waals surface area contributed by atoms with Crippen LogP contribution in [0.15, 0.2) is 53.4 Å². The van der Waals surface area contributed by atoms with Crippen molar-refractivity contribution in [3.63, 3.8) is 0 Å². The highest BCUT2D eigenvalue weighted by Crippen LogP contribution is 2.32. The fourth-order valence-electron chi connectivity index (χ4n) is 1.27. The van der Waals surface area contributed by atoms with Crippen LogP contribution in [-0.2, 0) is 0 Å². The van der Waals surface area contributed by atoms with Crippen molar-refractivity contribution in [3.05, 3.63) is 54.6 Å². The molecule has 0 bridgehead atoms. The molecule has 0 fully saturated rings. The van der Waals surface area contributed by atoms with Gasteiger partial charge in [0.25, 0.3) is 0 Å². The molecule has 0 spiro atoms. The van der Waals surface area contributed by atoms with Crippen LogP contribution in [0.4, 0.5) is 4.39 Å². The van der Waals surface area contributed by atoms with Gasteiger partial charge in [0.1, 0.15) is 17.5 Å². The van der Waals surface area contributed by atoms with Gasteiger partial charge in [-0.2, -0.15) is 0 Å². The molecule has 0 unspecified atom stereocenters. The Morgan fingerprint density at radius 2 is 1.94 bits per heavy atom. The quantitative estimate of drug-likeness (QED) is 0.728. The van der Waals surface area contributed by atoms with Gasteiger partial charge < -0.3 is 4.74 Å². The lowest BCUT2D eigenvalue weighted by molar-refractivity contribution is 0.469. The van der Waals surface area contributed by atoms with Gasteiger partial charge in [0.2, 0.25) is 0 Å². The summed E-state index contributed by atoms with van der Waals surface area (Å²) in [5.74, 6) is 1.29. The van der Waals surface area contributed by atoms with Crippen LogP contribution in [0.25, 0.3) is 0 Å². The first-order valence-corrected chi connectivity index (χ1v) is 5.81. The zero-order valence-corrected chi connectivity index (χ0v) is 9.34. The van der Waals surface area contributed by atoms with Gasteiger partial charge in [-0.15, -0.1) is 0 Å². The van der Waals surface area contributed by atoms with Crippen molar-refractivity contribution in [3.8, 4) is 11.5 Å². The number of benzene rings is 2. The first-order chi connectivity index (χ1) is 7.90. The third-order valence-corrected chi connectivity index (χ3v) is 2.72. The molecule has 0 aliphatic rings. The predicted molar refractivity (Wildman–Crippen MR) is 63.6 cm³/mol. The van der Waals surface area contributed by atoms with Gasteiger partial charge in [0.05, 0.1) is 4.90 Å². The first-order valence-electron chi connectivity index (χ1n) is 4.82. The second-order valence-corrected chi connectivity index (χ2v) is 3.98. The molecule has 16 heavy (non-hydrogen) atoms. The van der Waals surface area contributed by atoms with Crippen LogP contribution >= 0.6 is 11.8 Å². The van der Waals surface area contributed by atoms with Crippen molar-refractivity contribution in [2.24, 2.45) is 0 Å². The van der Waals surface area contributed by atoms with E-state index < -0.39 is 6.01 Å². The number of hydrogen-bond donors (Lipinski definition) is 0. The molecule has 2 aromatic rings. The lowest BCUT2D eigenvalue weighted by Crippen LogP contribution is -1.86. The van der Waals surface area contributed by atoms with Crippen LogP contribution in [0.3, 0.4) is 0 Å². The number of alkyl halides is 1. The van der Waals surface area contributed by atoms with Gasteiger partial charge in [0, 0.05) is 6.07 Å². The second kappa shape index (κ2) is 5.56. The highest BCUT2D eigenvalue weighted by molar-refractivity contribution is 7.99. The molecule has 1 radical (unpaired) electrons. The molecule has 0 saturated carbocycles. The Hall–Kier alpha value is -1.48. The molecule has 0 N–H and O–H groups in total. The summed E-state index contributed by atoms with van der Waals surface area (Å²) in [6, 6.07) is 17.2. The zero-order valence-electron chi connectivity index (χ0n) is 8.52. The van der Waals surface area contributed by atoms with Crippen molar-refractivity contribution in [2.45, 2.75) is 4.90 Å². The Labute approximate surface area is 98.3 Å². The molecule has 3 heteroatoms. The lowest BCUT2D eigenvalue weighted by Gasteiger charge is -2.08. The van der Waals surface area contributed by atoms with E-state index in [1.165, 1.54) is 0 Å². The minimum Gasteiger partial charge on any atom is -0.456 e. The van der Waals surface area contributed by atoms with Crippen LogP contribution < -0.4 is 4.74 Å². The van der Waals surface area contributed by atoms with Crippen molar-refractivity contribution < 1.29 is 9.13 Å². The van der Waals surface area contributed by atoms with Crippen LogP contribution in [0.1, 0.15) is 0 Å². The summed E-state index contributed by atoms with van der Waals surface area (Å²) >= 11 is 1.12. The highest BCUT2D eigenvalue weighted by Gasteiger charge is 2.04. The number of halogens is 1. The second-order valence-electron chi connectivity index (χ2n) is 3.03. The molecule has 81 valence electrons. The number of para-hydroxylation sites is 2. The van der Waals surface area contributed by atoms with E-state index in [4.69, 9.17) is 4.74 Å². The van der Waals surface area contributed by atoms with Gasteiger partial charge in [0.15, 0.2) is 0 Å². The van der Waals surface area contributed by atoms with Crippen LogP contribution in [-0.4, -0.2) is 6.01 Å². The summed E-state index contributed by atoms with van der Waals surface area (Å²) in [6.07, 6.45) is 0. The van der Waals surface area contributed by atoms with Crippen LogP contribution in [0, 0.1) is 6.07 Å². The molecule has 0 saturated heterocycles. The normalized spacial score (nSPS) is 10.1. The van der Waals surface area contributed by atoms with Crippen molar-refractivity contribution in [1.82, 2.24) is 0 Å². The Kier molecular flexibility index (Phi) is 3.83. The summed E-state index contributed by atoms with van der Waals surface area (Å²) in [7, 11) is 0. The average Bonchev–Trinajstić information content (AvgIpc) is 2.33. The van der Waals surface area contributed by atoms with E-state index in [0.717, 1.165) is 16.7 Å². The maximum absolute atomic E-state index is 12.3. The molecule has 2 aromatic carbocycles. The van der Waals surface area contributed by atoms with E-state index in [1.807, 2.05) is 42.5 Å². The Morgan fingerprint density at radius 1 is 1.12 bits per heavy atom. The molecule has 0 heterocycles. The van der Waals surface area contributed by atoms with Crippen molar-refractivity contribution in [2.75, 3.05) is 6.01 Å². The van der Waals surface area contributed by atoms with E-state index in [9.17, 15) is 4.39 Å². The smallest absolute Gasteiger partial charge is 0.141 e. The van der Waals surface area contributed by atoms with Crippen LogP contribution in [0.5, 0.6) is 11.5 Å². The standard InChI is InChI=1S/C13H10FOS/c14-10-16-13-9-5-4-8-12(13)15-11-6-2-1-3-7-11/h1-6,8-9H,10H2. The Balaban J connectivity index is 2.21. The minimum atomic E-state index is -0.459. The summed E-state index contributed by atoms with van der Waals surface area (Å²) in [6.45, 7) is 0. The molecule has 0 aliphatic heterocycles. The minimum absolute atomic E-state index is 0.459. The summed E-state index contributed by atoms with van der Waals surface area (Å²) < 4.78 is 17.9. The summed E-state index contributed by atoms with van der Waals surface area (Å²) in [5.41, 5.74) is 0. The lowest BCUT2D eigenvalue weighted by atomic mass is 10.3. The average molecular weight is 233 g/mol. The molecular weight excluding hydrogens is 223 g/mol. The van der Waals surface area contributed by atoms with Gasteiger partial charge in [-0.05, 0) is 18.2 Å². The van der Waals surface area contributed by atoms with E-state index in [1.54, 1.807) is 6.07 Å². The van der Waals surface area contributed by atoms with E-state index >= 15 is 0 Å². The van der Waals surface area contributed by atoms with E-state index in [2.05, 4.69) is 6.07 Å². The summed E-state index contributed by atoms with van der Waals surface area (Å²) in [5, 5.41) is 0. The number of thioether (sulfide) groups is 1.